The molecule has 0 unspecified atom stereocenters. The maximum absolute atomic E-state index is 11.4. The molecule has 4 heteroatoms. The van der Waals surface area contributed by atoms with Gasteiger partial charge in [-0.05, 0) is 30.7 Å². The summed E-state index contributed by atoms with van der Waals surface area (Å²) in [7, 11) is 0. The van der Waals surface area contributed by atoms with Crippen molar-refractivity contribution in [3.63, 3.8) is 0 Å². The predicted molar refractivity (Wildman–Crippen MR) is 78.5 cm³/mol. The van der Waals surface area contributed by atoms with Crippen LogP contribution in [-0.2, 0) is 11.8 Å². The van der Waals surface area contributed by atoms with Crippen LogP contribution >= 0.6 is 0 Å². The second-order valence-electron chi connectivity index (χ2n) is 6.15. The molecule has 0 aliphatic heterocycles. The quantitative estimate of drug-likeness (QED) is 0.910. The Labute approximate surface area is 123 Å². The third-order valence-corrected chi connectivity index (χ3v) is 3.98. The van der Waals surface area contributed by atoms with Gasteiger partial charge in [-0.3, -0.25) is 0 Å². The third-order valence-electron chi connectivity index (χ3n) is 3.98. The van der Waals surface area contributed by atoms with Crippen molar-refractivity contribution in [2.45, 2.75) is 38.5 Å². The van der Waals surface area contributed by atoms with E-state index in [1.807, 2.05) is 32.0 Å². The molecular formula is C17H19NO3. The summed E-state index contributed by atoms with van der Waals surface area (Å²) >= 11 is 0. The maximum atomic E-state index is 11.4. The lowest BCUT2D eigenvalue weighted by Gasteiger charge is -2.10. The highest BCUT2D eigenvalue weighted by atomic mass is 16.4. The van der Waals surface area contributed by atoms with Crippen LogP contribution in [0.5, 0.6) is 0 Å². The van der Waals surface area contributed by atoms with Crippen LogP contribution in [0.4, 0.5) is 0 Å². The number of nitrogens with zero attached hydrogens (tertiary/aromatic N) is 1. The monoisotopic (exact) mass is 285 g/mol. The second-order valence-corrected chi connectivity index (χ2v) is 6.15. The molecule has 2 aromatic rings. The Morgan fingerprint density at radius 2 is 2.00 bits per heavy atom. The molecular weight excluding hydrogens is 266 g/mol. The molecule has 0 amide bonds. The molecule has 0 saturated heterocycles. The van der Waals surface area contributed by atoms with Crippen LogP contribution in [0.1, 0.15) is 54.4 Å². The standard InChI is InChI=1S/C17H19NO3/c1-11(2)10-13-14(15(19)20)21-16(18-13)17(8-9-17)12-6-4-3-5-7-12/h3-7,11H,8-10H2,1-2H3,(H,19,20). The molecule has 1 saturated carbocycles. The average molecular weight is 285 g/mol. The van der Waals surface area contributed by atoms with E-state index in [0.29, 0.717) is 23.9 Å². The van der Waals surface area contributed by atoms with Crippen LogP contribution in [0.15, 0.2) is 34.7 Å². The molecule has 0 spiro atoms. The first kappa shape index (κ1) is 13.9. The number of carboxylic acids is 1. The van der Waals surface area contributed by atoms with E-state index in [0.717, 1.165) is 18.4 Å². The van der Waals surface area contributed by atoms with Gasteiger partial charge in [-0.2, -0.15) is 0 Å². The molecule has 0 radical (unpaired) electrons. The minimum atomic E-state index is -1.03. The van der Waals surface area contributed by atoms with Crippen LogP contribution in [0.25, 0.3) is 0 Å². The van der Waals surface area contributed by atoms with Crippen molar-refractivity contribution >= 4 is 5.97 Å². The minimum absolute atomic E-state index is 0.000839. The van der Waals surface area contributed by atoms with Crippen molar-refractivity contribution < 1.29 is 14.3 Å². The highest BCUT2D eigenvalue weighted by Crippen LogP contribution is 2.53. The van der Waals surface area contributed by atoms with Crippen molar-refractivity contribution in [2.75, 3.05) is 0 Å². The largest absolute Gasteiger partial charge is 0.475 e. The van der Waals surface area contributed by atoms with Gasteiger partial charge in [0.2, 0.25) is 11.7 Å². The number of carboxylic acid groups (broad SMARTS) is 1. The molecule has 1 heterocycles. The zero-order valence-corrected chi connectivity index (χ0v) is 12.3. The van der Waals surface area contributed by atoms with Crippen LogP contribution in [0.3, 0.4) is 0 Å². The lowest BCUT2D eigenvalue weighted by Crippen LogP contribution is -2.09. The summed E-state index contributed by atoms with van der Waals surface area (Å²) in [4.78, 5) is 15.9. The lowest BCUT2D eigenvalue weighted by molar-refractivity contribution is 0.0658. The van der Waals surface area contributed by atoms with Crippen molar-refractivity contribution in [1.29, 1.82) is 0 Å². The Morgan fingerprint density at radius 3 is 2.52 bits per heavy atom. The molecule has 4 nitrogen and oxygen atoms in total. The number of aromatic carboxylic acids is 1. The Kier molecular flexibility index (Phi) is 3.32. The Bertz CT molecular complexity index is 654. The van der Waals surface area contributed by atoms with Gasteiger partial charge in [-0.25, -0.2) is 9.78 Å². The van der Waals surface area contributed by atoms with Gasteiger partial charge in [0, 0.05) is 0 Å². The van der Waals surface area contributed by atoms with Gasteiger partial charge in [-0.1, -0.05) is 44.2 Å². The van der Waals surface area contributed by atoms with Gasteiger partial charge in [0.25, 0.3) is 0 Å². The molecule has 1 N–H and O–H groups in total. The Morgan fingerprint density at radius 1 is 1.33 bits per heavy atom. The summed E-state index contributed by atoms with van der Waals surface area (Å²) in [5.41, 5.74) is 1.50. The highest BCUT2D eigenvalue weighted by Gasteiger charge is 2.50. The van der Waals surface area contributed by atoms with E-state index >= 15 is 0 Å². The normalized spacial score (nSPS) is 16.1. The number of hydrogen-bond donors (Lipinski definition) is 1. The molecule has 0 atom stereocenters. The first-order chi connectivity index (χ1) is 10.0. The number of aromatic nitrogens is 1. The Balaban J connectivity index is 2.02. The lowest BCUT2D eigenvalue weighted by atomic mass is 9.96. The second kappa shape index (κ2) is 5.02. The zero-order chi connectivity index (χ0) is 15.0. The van der Waals surface area contributed by atoms with Gasteiger partial charge in [0.15, 0.2) is 0 Å². The molecule has 1 aliphatic carbocycles. The molecule has 1 aromatic heterocycles. The van der Waals surface area contributed by atoms with Crippen LogP contribution in [-0.4, -0.2) is 16.1 Å². The molecule has 1 aliphatic rings. The van der Waals surface area contributed by atoms with Crippen LogP contribution < -0.4 is 0 Å². The van der Waals surface area contributed by atoms with Gasteiger partial charge >= 0.3 is 5.97 Å². The number of carbonyl (C=O) groups is 1. The van der Waals surface area contributed by atoms with Gasteiger partial charge in [0.05, 0.1) is 11.1 Å². The molecule has 1 aromatic carbocycles. The van der Waals surface area contributed by atoms with E-state index in [-0.39, 0.29) is 11.2 Å². The fourth-order valence-corrected chi connectivity index (χ4v) is 2.76. The fourth-order valence-electron chi connectivity index (χ4n) is 2.76. The van der Waals surface area contributed by atoms with E-state index in [4.69, 9.17) is 4.42 Å². The maximum Gasteiger partial charge on any atom is 0.373 e. The highest BCUT2D eigenvalue weighted by molar-refractivity contribution is 5.85. The summed E-state index contributed by atoms with van der Waals surface area (Å²) in [5.74, 6) is -0.135. The molecule has 0 bridgehead atoms. The summed E-state index contributed by atoms with van der Waals surface area (Å²) in [5, 5.41) is 9.31. The Hall–Kier alpha value is -2.10. The van der Waals surface area contributed by atoms with Crippen molar-refractivity contribution in [3.05, 3.63) is 53.2 Å². The first-order valence-electron chi connectivity index (χ1n) is 7.32. The summed E-state index contributed by atoms with van der Waals surface area (Å²) in [6, 6.07) is 10.1. The molecule has 1 fully saturated rings. The van der Waals surface area contributed by atoms with E-state index in [2.05, 4.69) is 17.1 Å². The number of oxazole rings is 1. The molecule has 21 heavy (non-hydrogen) atoms. The SMILES string of the molecule is CC(C)Cc1nc(C2(c3ccccc3)CC2)oc1C(=O)O. The van der Waals surface area contributed by atoms with Crippen LogP contribution in [0.2, 0.25) is 0 Å². The van der Waals surface area contributed by atoms with Crippen molar-refractivity contribution in [2.24, 2.45) is 5.92 Å². The van der Waals surface area contributed by atoms with Gasteiger partial charge in [0.1, 0.15) is 0 Å². The van der Waals surface area contributed by atoms with Gasteiger partial charge < -0.3 is 9.52 Å². The van der Waals surface area contributed by atoms with Gasteiger partial charge in [-0.15, -0.1) is 0 Å². The van der Waals surface area contributed by atoms with E-state index in [1.54, 1.807) is 0 Å². The number of rotatable bonds is 5. The minimum Gasteiger partial charge on any atom is -0.475 e. The van der Waals surface area contributed by atoms with Crippen LogP contribution in [0, 0.1) is 5.92 Å². The van der Waals surface area contributed by atoms with Crippen molar-refractivity contribution in [3.8, 4) is 0 Å². The average Bonchev–Trinajstić information content (AvgIpc) is 3.15. The third kappa shape index (κ3) is 2.46. The number of hydrogen-bond acceptors (Lipinski definition) is 3. The van der Waals surface area contributed by atoms with Crippen molar-refractivity contribution in [1.82, 2.24) is 4.98 Å². The number of benzene rings is 1. The zero-order valence-electron chi connectivity index (χ0n) is 12.3. The topological polar surface area (TPSA) is 63.3 Å². The summed E-state index contributed by atoms with van der Waals surface area (Å²) in [6.07, 6.45) is 2.53. The van der Waals surface area contributed by atoms with E-state index in [9.17, 15) is 9.90 Å². The molecule has 3 rings (SSSR count). The smallest absolute Gasteiger partial charge is 0.373 e. The summed E-state index contributed by atoms with van der Waals surface area (Å²) < 4.78 is 5.65. The first-order valence-corrected chi connectivity index (χ1v) is 7.32. The molecule has 110 valence electrons. The van der Waals surface area contributed by atoms with E-state index < -0.39 is 5.97 Å². The fraction of sp³-hybridized carbons (Fsp3) is 0.412. The van der Waals surface area contributed by atoms with E-state index in [1.165, 1.54) is 0 Å². The predicted octanol–water partition coefficient (Wildman–Crippen LogP) is 3.65. The summed E-state index contributed by atoms with van der Waals surface area (Å²) in [6.45, 7) is 4.09.